The Kier molecular flexibility index (Phi) is 6.35. The van der Waals surface area contributed by atoms with E-state index >= 15 is 0 Å². The van der Waals surface area contributed by atoms with Gasteiger partial charge in [0.1, 0.15) is 11.8 Å². The van der Waals surface area contributed by atoms with Crippen LogP contribution in [0.15, 0.2) is 24.3 Å². The number of urea groups is 1. The van der Waals surface area contributed by atoms with Gasteiger partial charge in [0.25, 0.3) is 5.91 Å². The summed E-state index contributed by atoms with van der Waals surface area (Å²) < 4.78 is 5.09. The molecule has 1 aromatic rings. The standard InChI is InChI=1S/C17H23N3O5/c1-11(10-21)18-15(22)9-14-16(23)20(17(24)19-14)8-7-12-3-5-13(25-2)6-4-12/h3-6,11,14,21H,7-10H2,1-2H3,(H,18,22)(H,19,24). The lowest BCUT2D eigenvalue weighted by Crippen LogP contribution is -2.40. The first-order chi connectivity index (χ1) is 11.9. The van der Waals surface area contributed by atoms with E-state index in [-0.39, 0.29) is 19.6 Å². The number of imide groups is 1. The summed E-state index contributed by atoms with van der Waals surface area (Å²) in [6.07, 6.45) is 0.373. The summed E-state index contributed by atoms with van der Waals surface area (Å²) in [4.78, 5) is 37.2. The van der Waals surface area contributed by atoms with E-state index in [1.807, 2.05) is 24.3 Å². The molecule has 0 radical (unpaired) electrons. The lowest BCUT2D eigenvalue weighted by atomic mass is 10.1. The first kappa shape index (κ1) is 18.7. The second kappa shape index (κ2) is 8.48. The monoisotopic (exact) mass is 349 g/mol. The van der Waals surface area contributed by atoms with Crippen LogP contribution in [0.25, 0.3) is 0 Å². The molecule has 8 nitrogen and oxygen atoms in total. The normalized spacial score (nSPS) is 18.0. The van der Waals surface area contributed by atoms with Crippen molar-refractivity contribution in [3.63, 3.8) is 0 Å². The molecule has 2 unspecified atom stereocenters. The molecule has 136 valence electrons. The van der Waals surface area contributed by atoms with Crippen molar-refractivity contribution in [2.45, 2.75) is 31.8 Å². The number of ether oxygens (including phenoxy) is 1. The van der Waals surface area contributed by atoms with E-state index in [1.165, 1.54) is 0 Å². The molecule has 1 aliphatic heterocycles. The topological polar surface area (TPSA) is 108 Å². The van der Waals surface area contributed by atoms with Crippen LogP contribution in [-0.4, -0.2) is 60.2 Å². The summed E-state index contributed by atoms with van der Waals surface area (Å²) >= 11 is 0. The van der Waals surface area contributed by atoms with Gasteiger partial charge in [-0.15, -0.1) is 0 Å². The van der Waals surface area contributed by atoms with Crippen LogP contribution in [0.2, 0.25) is 0 Å². The zero-order chi connectivity index (χ0) is 18.4. The Labute approximate surface area is 146 Å². The third-order valence-electron chi connectivity index (χ3n) is 3.96. The highest BCUT2D eigenvalue weighted by Crippen LogP contribution is 2.14. The first-order valence-electron chi connectivity index (χ1n) is 8.09. The molecule has 0 bridgehead atoms. The molecule has 0 saturated carbocycles. The van der Waals surface area contributed by atoms with Crippen molar-refractivity contribution < 1.29 is 24.2 Å². The van der Waals surface area contributed by atoms with Crippen molar-refractivity contribution in [2.75, 3.05) is 20.3 Å². The predicted molar refractivity (Wildman–Crippen MR) is 90.0 cm³/mol. The Morgan fingerprint density at radius 1 is 1.36 bits per heavy atom. The highest BCUT2D eigenvalue weighted by atomic mass is 16.5. The Bertz CT molecular complexity index is 632. The number of carbonyl (C=O) groups is 3. The van der Waals surface area contributed by atoms with E-state index in [2.05, 4.69) is 10.6 Å². The molecular formula is C17H23N3O5. The molecule has 1 heterocycles. The fourth-order valence-corrected chi connectivity index (χ4v) is 2.52. The minimum atomic E-state index is -0.866. The summed E-state index contributed by atoms with van der Waals surface area (Å²) in [6, 6.07) is 5.62. The smallest absolute Gasteiger partial charge is 0.324 e. The van der Waals surface area contributed by atoms with Crippen LogP contribution in [0, 0.1) is 0 Å². The second-order valence-corrected chi connectivity index (χ2v) is 5.95. The quantitative estimate of drug-likeness (QED) is 0.575. The van der Waals surface area contributed by atoms with Crippen LogP contribution < -0.4 is 15.4 Å². The number of methoxy groups -OCH3 is 1. The van der Waals surface area contributed by atoms with Gasteiger partial charge in [0.2, 0.25) is 5.91 Å². The molecule has 4 amide bonds. The number of carbonyl (C=O) groups excluding carboxylic acids is 3. The largest absolute Gasteiger partial charge is 0.497 e. The molecular weight excluding hydrogens is 326 g/mol. The van der Waals surface area contributed by atoms with Crippen molar-refractivity contribution in [1.82, 2.24) is 15.5 Å². The van der Waals surface area contributed by atoms with E-state index in [4.69, 9.17) is 9.84 Å². The minimum Gasteiger partial charge on any atom is -0.497 e. The highest BCUT2D eigenvalue weighted by Gasteiger charge is 2.38. The van der Waals surface area contributed by atoms with Crippen LogP contribution >= 0.6 is 0 Å². The third-order valence-corrected chi connectivity index (χ3v) is 3.96. The third kappa shape index (κ3) is 4.93. The van der Waals surface area contributed by atoms with Gasteiger partial charge >= 0.3 is 6.03 Å². The number of benzene rings is 1. The van der Waals surface area contributed by atoms with Crippen LogP contribution in [-0.2, 0) is 16.0 Å². The zero-order valence-corrected chi connectivity index (χ0v) is 14.3. The summed E-state index contributed by atoms with van der Waals surface area (Å²) in [5.41, 5.74) is 0.972. The number of aliphatic hydroxyl groups excluding tert-OH is 1. The summed E-state index contributed by atoms with van der Waals surface area (Å²) in [6.45, 7) is 1.70. The van der Waals surface area contributed by atoms with Crippen LogP contribution in [0.5, 0.6) is 5.75 Å². The van der Waals surface area contributed by atoms with Gasteiger partial charge in [0, 0.05) is 12.6 Å². The summed E-state index contributed by atoms with van der Waals surface area (Å²) in [5, 5.41) is 14.0. The lowest BCUT2D eigenvalue weighted by Gasteiger charge is -2.14. The maximum Gasteiger partial charge on any atom is 0.324 e. The Balaban J connectivity index is 1.88. The Morgan fingerprint density at radius 2 is 2.04 bits per heavy atom. The van der Waals surface area contributed by atoms with Gasteiger partial charge in [-0.1, -0.05) is 12.1 Å². The average Bonchev–Trinajstić information content (AvgIpc) is 2.86. The molecule has 2 rings (SSSR count). The number of nitrogens with zero attached hydrogens (tertiary/aromatic N) is 1. The van der Waals surface area contributed by atoms with Crippen molar-refractivity contribution in [3.05, 3.63) is 29.8 Å². The van der Waals surface area contributed by atoms with E-state index in [0.717, 1.165) is 16.2 Å². The number of amides is 4. The van der Waals surface area contributed by atoms with Gasteiger partial charge < -0.3 is 20.5 Å². The fourth-order valence-electron chi connectivity index (χ4n) is 2.52. The summed E-state index contributed by atoms with van der Waals surface area (Å²) in [5.74, 6) is -0.0653. The molecule has 3 N–H and O–H groups in total. The number of hydrogen-bond acceptors (Lipinski definition) is 5. The van der Waals surface area contributed by atoms with Gasteiger partial charge in [-0.2, -0.15) is 0 Å². The molecule has 1 fully saturated rings. The van der Waals surface area contributed by atoms with Crippen molar-refractivity contribution in [3.8, 4) is 5.75 Å². The lowest BCUT2D eigenvalue weighted by molar-refractivity contribution is -0.131. The van der Waals surface area contributed by atoms with Gasteiger partial charge in [0.15, 0.2) is 0 Å². The van der Waals surface area contributed by atoms with Gasteiger partial charge in [0.05, 0.1) is 20.1 Å². The van der Waals surface area contributed by atoms with Gasteiger partial charge in [-0.05, 0) is 31.0 Å². The maximum absolute atomic E-state index is 12.3. The van der Waals surface area contributed by atoms with Crippen molar-refractivity contribution in [1.29, 1.82) is 0 Å². The maximum atomic E-state index is 12.3. The minimum absolute atomic E-state index is 0.145. The second-order valence-electron chi connectivity index (χ2n) is 5.95. The molecule has 25 heavy (non-hydrogen) atoms. The average molecular weight is 349 g/mol. The van der Waals surface area contributed by atoms with Crippen molar-refractivity contribution >= 4 is 17.8 Å². The summed E-state index contributed by atoms with van der Waals surface area (Å²) in [7, 11) is 1.58. The Morgan fingerprint density at radius 3 is 2.64 bits per heavy atom. The SMILES string of the molecule is COc1ccc(CCN2C(=O)NC(CC(=O)NC(C)CO)C2=O)cc1. The number of rotatable bonds is 8. The first-order valence-corrected chi connectivity index (χ1v) is 8.09. The van der Waals surface area contributed by atoms with E-state index < -0.39 is 29.9 Å². The zero-order valence-electron chi connectivity index (χ0n) is 14.3. The molecule has 8 heteroatoms. The number of aliphatic hydroxyl groups is 1. The van der Waals surface area contributed by atoms with Crippen LogP contribution in [0.1, 0.15) is 18.9 Å². The highest BCUT2D eigenvalue weighted by molar-refractivity contribution is 6.05. The molecule has 0 aromatic heterocycles. The molecule has 2 atom stereocenters. The molecule has 1 aliphatic rings. The Hall–Kier alpha value is -2.61. The van der Waals surface area contributed by atoms with Gasteiger partial charge in [-0.3, -0.25) is 14.5 Å². The number of hydrogen-bond donors (Lipinski definition) is 3. The van der Waals surface area contributed by atoms with E-state index in [1.54, 1.807) is 14.0 Å². The molecule has 1 saturated heterocycles. The van der Waals surface area contributed by atoms with Crippen LogP contribution in [0.4, 0.5) is 4.79 Å². The molecule has 0 aliphatic carbocycles. The van der Waals surface area contributed by atoms with E-state index in [0.29, 0.717) is 6.42 Å². The van der Waals surface area contributed by atoms with E-state index in [9.17, 15) is 14.4 Å². The van der Waals surface area contributed by atoms with Crippen LogP contribution in [0.3, 0.4) is 0 Å². The molecule has 0 spiro atoms. The molecule has 1 aromatic carbocycles. The number of nitrogens with one attached hydrogen (secondary N) is 2. The predicted octanol–water partition coefficient (Wildman–Crippen LogP) is 0.0452. The van der Waals surface area contributed by atoms with Crippen molar-refractivity contribution in [2.24, 2.45) is 0 Å². The van der Waals surface area contributed by atoms with Gasteiger partial charge in [-0.25, -0.2) is 4.79 Å². The fraction of sp³-hybridized carbons (Fsp3) is 0.471.